The maximum absolute atomic E-state index is 11.8. The zero-order valence-corrected chi connectivity index (χ0v) is 10.3. The van der Waals surface area contributed by atoms with Gasteiger partial charge in [-0.2, -0.15) is 0 Å². The van der Waals surface area contributed by atoms with E-state index in [4.69, 9.17) is 4.74 Å². The van der Waals surface area contributed by atoms with E-state index < -0.39 is 0 Å². The summed E-state index contributed by atoms with van der Waals surface area (Å²) in [7, 11) is 0. The van der Waals surface area contributed by atoms with Crippen molar-refractivity contribution >= 4 is 11.8 Å². The van der Waals surface area contributed by atoms with E-state index in [9.17, 15) is 9.59 Å². The summed E-state index contributed by atoms with van der Waals surface area (Å²) in [5, 5.41) is 0. The fourth-order valence-corrected chi connectivity index (χ4v) is 2.57. The quantitative estimate of drug-likeness (QED) is 0.556. The number of ketones is 1. The van der Waals surface area contributed by atoms with Crippen molar-refractivity contribution in [2.45, 2.75) is 39.2 Å². The van der Waals surface area contributed by atoms with Crippen LogP contribution in [-0.4, -0.2) is 17.9 Å². The molecule has 0 aromatic carbocycles. The van der Waals surface area contributed by atoms with Crippen LogP contribution in [0.2, 0.25) is 0 Å². The van der Waals surface area contributed by atoms with Gasteiger partial charge in [0.15, 0.2) is 5.78 Å². The van der Waals surface area contributed by atoms with E-state index >= 15 is 0 Å². The van der Waals surface area contributed by atoms with Gasteiger partial charge in [0, 0.05) is 6.42 Å². The number of allylic oxidation sites excluding steroid dienone is 3. The number of fused-ring (bicyclic) bond motifs is 1. The molecule has 0 unspecified atom stereocenters. The second kappa shape index (κ2) is 4.86. The van der Waals surface area contributed by atoms with Crippen LogP contribution in [0, 0.1) is 11.8 Å². The molecule has 0 N–H and O–H groups in total. The van der Waals surface area contributed by atoms with Crippen LogP contribution >= 0.6 is 0 Å². The molecule has 1 aliphatic carbocycles. The van der Waals surface area contributed by atoms with E-state index in [-0.39, 0.29) is 29.7 Å². The van der Waals surface area contributed by atoms with Crippen molar-refractivity contribution in [3.63, 3.8) is 0 Å². The molecule has 0 aromatic heterocycles. The smallest absolute Gasteiger partial charge is 0.310 e. The Morgan fingerprint density at radius 3 is 2.94 bits per heavy atom. The monoisotopic (exact) mass is 234 g/mol. The molecule has 1 aliphatic heterocycles. The Labute approximate surface area is 102 Å². The Morgan fingerprint density at radius 1 is 1.47 bits per heavy atom. The van der Waals surface area contributed by atoms with Crippen molar-refractivity contribution in [1.29, 1.82) is 0 Å². The number of hydrogen-bond donors (Lipinski definition) is 0. The van der Waals surface area contributed by atoms with Gasteiger partial charge in [-0.05, 0) is 32.8 Å². The molecule has 2 aliphatic rings. The highest BCUT2D eigenvalue weighted by atomic mass is 16.6. The number of ether oxygens (including phenoxy) is 1. The summed E-state index contributed by atoms with van der Waals surface area (Å²) in [5.74, 6) is -0.625. The SMILES string of the molecule is CC(C)=CCC[C@@H]1C(=O)O[C@H]2CC=CC(=O)[C@H]21. The van der Waals surface area contributed by atoms with Crippen molar-refractivity contribution in [2.24, 2.45) is 11.8 Å². The molecule has 0 saturated carbocycles. The van der Waals surface area contributed by atoms with Crippen LogP contribution in [0.4, 0.5) is 0 Å². The molecule has 0 aromatic rings. The Balaban J connectivity index is 2.05. The molecule has 3 heteroatoms. The maximum Gasteiger partial charge on any atom is 0.310 e. The van der Waals surface area contributed by atoms with Crippen LogP contribution in [0.1, 0.15) is 33.1 Å². The lowest BCUT2D eigenvalue weighted by atomic mass is 9.80. The molecule has 0 amide bonds. The van der Waals surface area contributed by atoms with Crippen LogP contribution in [0.25, 0.3) is 0 Å². The lowest BCUT2D eigenvalue weighted by molar-refractivity contribution is -0.144. The molecule has 2 rings (SSSR count). The van der Waals surface area contributed by atoms with E-state index in [2.05, 4.69) is 6.08 Å². The minimum Gasteiger partial charge on any atom is -0.461 e. The minimum absolute atomic E-state index is 0.0503. The van der Waals surface area contributed by atoms with Crippen LogP contribution in [0.15, 0.2) is 23.8 Å². The Hall–Kier alpha value is -1.38. The summed E-state index contributed by atoms with van der Waals surface area (Å²) in [6.07, 6.45) is 7.52. The van der Waals surface area contributed by atoms with Gasteiger partial charge in [0.25, 0.3) is 0 Å². The predicted molar refractivity (Wildman–Crippen MR) is 64.3 cm³/mol. The van der Waals surface area contributed by atoms with Gasteiger partial charge in [-0.3, -0.25) is 9.59 Å². The highest BCUT2D eigenvalue weighted by Gasteiger charge is 2.47. The van der Waals surface area contributed by atoms with Gasteiger partial charge in [0.2, 0.25) is 0 Å². The van der Waals surface area contributed by atoms with Gasteiger partial charge < -0.3 is 4.74 Å². The number of carbonyl (C=O) groups excluding carboxylic acids is 2. The molecule has 3 nitrogen and oxygen atoms in total. The third-order valence-electron chi connectivity index (χ3n) is 3.41. The van der Waals surface area contributed by atoms with Crippen LogP contribution in [0.5, 0.6) is 0 Å². The first-order valence-electron chi connectivity index (χ1n) is 6.14. The van der Waals surface area contributed by atoms with Crippen LogP contribution in [-0.2, 0) is 14.3 Å². The van der Waals surface area contributed by atoms with Crippen LogP contribution in [0.3, 0.4) is 0 Å². The summed E-state index contributed by atoms with van der Waals surface area (Å²) in [5.41, 5.74) is 1.24. The highest BCUT2D eigenvalue weighted by molar-refractivity contribution is 5.97. The fraction of sp³-hybridized carbons (Fsp3) is 0.571. The van der Waals surface area contributed by atoms with Crippen molar-refractivity contribution < 1.29 is 14.3 Å². The molecular weight excluding hydrogens is 216 g/mol. The summed E-state index contributed by atoms with van der Waals surface area (Å²) in [4.78, 5) is 23.5. The van der Waals surface area contributed by atoms with E-state index in [1.807, 2.05) is 13.8 Å². The van der Waals surface area contributed by atoms with E-state index in [1.54, 1.807) is 12.2 Å². The van der Waals surface area contributed by atoms with Gasteiger partial charge in [-0.15, -0.1) is 0 Å². The lowest BCUT2D eigenvalue weighted by Gasteiger charge is -2.20. The molecule has 0 spiro atoms. The third-order valence-corrected chi connectivity index (χ3v) is 3.41. The second-order valence-corrected chi connectivity index (χ2v) is 5.01. The van der Waals surface area contributed by atoms with Gasteiger partial charge in [0.05, 0.1) is 11.8 Å². The third kappa shape index (κ3) is 2.48. The summed E-state index contributed by atoms with van der Waals surface area (Å²) in [6.45, 7) is 4.06. The molecule has 1 fully saturated rings. The summed E-state index contributed by atoms with van der Waals surface area (Å²) >= 11 is 0. The van der Waals surface area contributed by atoms with Crippen LogP contribution < -0.4 is 0 Å². The first-order valence-corrected chi connectivity index (χ1v) is 6.14. The van der Waals surface area contributed by atoms with E-state index in [0.717, 1.165) is 6.42 Å². The highest BCUT2D eigenvalue weighted by Crippen LogP contribution is 2.36. The Morgan fingerprint density at radius 2 is 2.24 bits per heavy atom. The van der Waals surface area contributed by atoms with Gasteiger partial charge in [-0.25, -0.2) is 0 Å². The molecule has 92 valence electrons. The maximum atomic E-state index is 11.8. The van der Waals surface area contributed by atoms with Crippen molar-refractivity contribution in [1.82, 2.24) is 0 Å². The average molecular weight is 234 g/mol. The normalized spacial score (nSPS) is 31.1. The Bertz CT molecular complexity index is 388. The first kappa shape index (κ1) is 12.1. The number of rotatable bonds is 3. The summed E-state index contributed by atoms with van der Waals surface area (Å²) in [6, 6.07) is 0. The van der Waals surface area contributed by atoms with Gasteiger partial charge in [-0.1, -0.05) is 17.7 Å². The van der Waals surface area contributed by atoms with Crippen molar-refractivity contribution in [2.75, 3.05) is 0 Å². The largest absolute Gasteiger partial charge is 0.461 e. The summed E-state index contributed by atoms with van der Waals surface area (Å²) < 4.78 is 5.27. The zero-order valence-electron chi connectivity index (χ0n) is 10.3. The Kier molecular flexibility index (Phi) is 3.46. The van der Waals surface area contributed by atoms with E-state index in [1.165, 1.54) is 5.57 Å². The van der Waals surface area contributed by atoms with Gasteiger partial charge in [0.1, 0.15) is 6.10 Å². The number of hydrogen-bond acceptors (Lipinski definition) is 3. The molecule has 17 heavy (non-hydrogen) atoms. The predicted octanol–water partition coefficient (Wildman–Crippen LogP) is 2.42. The zero-order chi connectivity index (χ0) is 12.4. The molecule has 0 radical (unpaired) electrons. The van der Waals surface area contributed by atoms with Crippen molar-refractivity contribution in [3.05, 3.63) is 23.8 Å². The number of carbonyl (C=O) groups is 2. The molecule has 0 bridgehead atoms. The lowest BCUT2D eigenvalue weighted by Crippen LogP contribution is -2.30. The first-order chi connectivity index (χ1) is 8.09. The van der Waals surface area contributed by atoms with E-state index in [0.29, 0.717) is 12.8 Å². The topological polar surface area (TPSA) is 43.4 Å². The molecule has 3 atom stereocenters. The molecule has 1 heterocycles. The second-order valence-electron chi connectivity index (χ2n) is 5.01. The standard InChI is InChI=1S/C14H18O3/c1-9(2)5-3-6-10-13-11(15)7-4-8-12(13)17-14(10)16/h4-5,7,10,12-13H,3,6,8H2,1-2H3/t10-,12-,13+/m0/s1. The van der Waals surface area contributed by atoms with Crippen molar-refractivity contribution in [3.8, 4) is 0 Å². The molecular formula is C14H18O3. The fourth-order valence-electron chi connectivity index (χ4n) is 2.57. The minimum atomic E-state index is -0.243. The molecule has 1 saturated heterocycles. The average Bonchev–Trinajstić information content (AvgIpc) is 2.56. The number of esters is 1. The van der Waals surface area contributed by atoms with Gasteiger partial charge >= 0.3 is 5.97 Å².